The van der Waals surface area contributed by atoms with Gasteiger partial charge in [0.2, 0.25) is 0 Å². The summed E-state index contributed by atoms with van der Waals surface area (Å²) in [4.78, 5) is 0.177. The quantitative estimate of drug-likeness (QED) is 0.834. The second-order valence-corrected chi connectivity index (χ2v) is 6.42. The largest absolute Gasteiger partial charge is 0.311 e. The second-order valence-electron chi connectivity index (χ2n) is 4.80. The van der Waals surface area contributed by atoms with E-state index >= 15 is 0 Å². The summed E-state index contributed by atoms with van der Waals surface area (Å²) < 4.78 is 29.5. The van der Waals surface area contributed by atoms with Crippen LogP contribution in [0.1, 0.15) is 17.2 Å². The van der Waals surface area contributed by atoms with Crippen molar-refractivity contribution < 1.29 is 12.6 Å². The zero-order chi connectivity index (χ0) is 15.3. The molecular formula is C16H19NO3S. The van der Waals surface area contributed by atoms with E-state index < -0.39 is 10.1 Å². The van der Waals surface area contributed by atoms with Crippen LogP contribution in [0.2, 0.25) is 0 Å². The van der Waals surface area contributed by atoms with Crippen LogP contribution < -0.4 is 5.32 Å². The Bertz CT molecular complexity index is 666. The predicted molar refractivity (Wildman–Crippen MR) is 82.6 cm³/mol. The van der Waals surface area contributed by atoms with Gasteiger partial charge in [-0.2, -0.15) is 8.42 Å². The second kappa shape index (κ2) is 6.85. The van der Waals surface area contributed by atoms with Gasteiger partial charge in [-0.15, -0.1) is 0 Å². The lowest BCUT2D eigenvalue weighted by Gasteiger charge is -2.16. The minimum atomic E-state index is -3.73. The molecule has 1 N–H and O–H groups in total. The lowest BCUT2D eigenvalue weighted by Crippen LogP contribution is -2.23. The van der Waals surface area contributed by atoms with Crippen molar-refractivity contribution in [2.45, 2.75) is 17.9 Å². The van der Waals surface area contributed by atoms with E-state index in [2.05, 4.69) is 5.32 Å². The third kappa shape index (κ3) is 4.14. The number of aryl methyl sites for hydroxylation is 1. The summed E-state index contributed by atoms with van der Waals surface area (Å²) in [6.07, 6.45) is 0. The number of likely N-dealkylation sites (N-methyl/N-ethyl adjacent to an activating group) is 1. The van der Waals surface area contributed by atoms with Gasteiger partial charge in [0.1, 0.15) is 0 Å². The van der Waals surface area contributed by atoms with Crippen LogP contribution in [-0.2, 0) is 14.3 Å². The Labute approximate surface area is 125 Å². The smallest absolute Gasteiger partial charge is 0.297 e. The Morgan fingerprint density at radius 3 is 2.24 bits per heavy atom. The van der Waals surface area contributed by atoms with Gasteiger partial charge >= 0.3 is 0 Å². The van der Waals surface area contributed by atoms with Crippen LogP contribution in [0, 0.1) is 6.92 Å². The number of hydrogen-bond acceptors (Lipinski definition) is 4. The van der Waals surface area contributed by atoms with Gasteiger partial charge in [0.05, 0.1) is 17.5 Å². The van der Waals surface area contributed by atoms with Gasteiger partial charge in [-0.3, -0.25) is 4.18 Å². The van der Waals surface area contributed by atoms with Crippen molar-refractivity contribution in [2.75, 3.05) is 13.7 Å². The molecule has 0 amide bonds. The molecule has 0 heterocycles. The minimum absolute atomic E-state index is 0.0523. The van der Waals surface area contributed by atoms with Crippen molar-refractivity contribution in [3.05, 3.63) is 65.7 Å². The summed E-state index contributed by atoms with van der Waals surface area (Å²) in [6, 6.07) is 16.1. The molecule has 21 heavy (non-hydrogen) atoms. The van der Waals surface area contributed by atoms with Gasteiger partial charge in [-0.1, -0.05) is 48.0 Å². The molecule has 0 saturated heterocycles. The summed E-state index contributed by atoms with van der Waals surface area (Å²) in [6.45, 7) is 1.96. The summed E-state index contributed by atoms with van der Waals surface area (Å²) in [5.41, 5.74) is 1.99. The van der Waals surface area contributed by atoms with Crippen molar-refractivity contribution in [2.24, 2.45) is 0 Å². The third-order valence-corrected chi connectivity index (χ3v) is 4.55. The highest BCUT2D eigenvalue weighted by molar-refractivity contribution is 7.86. The van der Waals surface area contributed by atoms with Crippen molar-refractivity contribution in [1.29, 1.82) is 0 Å². The molecule has 0 unspecified atom stereocenters. The SMILES string of the molecule is CN[C@H](COS(=O)(=O)c1ccc(C)cc1)c1ccccc1. The van der Waals surface area contributed by atoms with Crippen LogP contribution in [0.4, 0.5) is 0 Å². The van der Waals surface area contributed by atoms with E-state index in [0.717, 1.165) is 11.1 Å². The van der Waals surface area contributed by atoms with Gasteiger partial charge in [0, 0.05) is 0 Å². The van der Waals surface area contributed by atoms with Crippen molar-refractivity contribution in [3.8, 4) is 0 Å². The molecule has 0 aliphatic rings. The standard InChI is InChI=1S/C16H19NO3S/c1-13-8-10-15(11-9-13)21(18,19)20-12-16(17-2)14-6-4-3-5-7-14/h3-11,16-17H,12H2,1-2H3/t16-/m1/s1. The fraction of sp³-hybridized carbons (Fsp3) is 0.250. The van der Waals surface area contributed by atoms with E-state index in [-0.39, 0.29) is 17.5 Å². The normalized spacial score (nSPS) is 13.0. The molecule has 2 aromatic carbocycles. The highest BCUT2D eigenvalue weighted by atomic mass is 32.2. The highest BCUT2D eigenvalue weighted by Crippen LogP contribution is 2.17. The van der Waals surface area contributed by atoms with Crippen LogP contribution in [0.25, 0.3) is 0 Å². The number of rotatable bonds is 6. The maximum atomic E-state index is 12.1. The van der Waals surface area contributed by atoms with Gasteiger partial charge in [0.15, 0.2) is 0 Å². The van der Waals surface area contributed by atoms with E-state index in [1.54, 1.807) is 31.3 Å². The number of nitrogens with one attached hydrogen (secondary N) is 1. The fourth-order valence-corrected chi connectivity index (χ4v) is 2.88. The Balaban J connectivity index is 2.08. The fourth-order valence-electron chi connectivity index (χ4n) is 1.96. The molecule has 5 heteroatoms. The van der Waals surface area contributed by atoms with Crippen molar-refractivity contribution in [1.82, 2.24) is 5.32 Å². The van der Waals surface area contributed by atoms with E-state index in [9.17, 15) is 8.42 Å². The van der Waals surface area contributed by atoms with Crippen LogP contribution >= 0.6 is 0 Å². The lowest BCUT2D eigenvalue weighted by molar-refractivity contribution is 0.277. The zero-order valence-electron chi connectivity index (χ0n) is 12.1. The van der Waals surface area contributed by atoms with Gasteiger partial charge in [-0.25, -0.2) is 0 Å². The molecule has 0 saturated carbocycles. The lowest BCUT2D eigenvalue weighted by atomic mass is 10.1. The van der Waals surface area contributed by atoms with Crippen molar-refractivity contribution in [3.63, 3.8) is 0 Å². The molecule has 0 aliphatic carbocycles. The molecular weight excluding hydrogens is 286 g/mol. The van der Waals surface area contributed by atoms with E-state index in [1.807, 2.05) is 37.3 Å². The number of hydrogen-bond donors (Lipinski definition) is 1. The molecule has 0 aliphatic heterocycles. The van der Waals surface area contributed by atoms with Gasteiger partial charge < -0.3 is 5.32 Å². The van der Waals surface area contributed by atoms with Gasteiger partial charge in [-0.05, 0) is 31.7 Å². The summed E-state index contributed by atoms with van der Waals surface area (Å²) in [5, 5.41) is 3.06. The Morgan fingerprint density at radius 2 is 1.67 bits per heavy atom. The average Bonchev–Trinajstić information content (AvgIpc) is 2.49. The first-order valence-electron chi connectivity index (χ1n) is 6.71. The van der Waals surface area contributed by atoms with Crippen LogP contribution in [-0.4, -0.2) is 22.1 Å². The molecule has 2 rings (SSSR count). The molecule has 0 bridgehead atoms. The Kier molecular flexibility index (Phi) is 5.12. The first-order valence-corrected chi connectivity index (χ1v) is 8.12. The average molecular weight is 305 g/mol. The first kappa shape index (κ1) is 15.7. The number of benzene rings is 2. The minimum Gasteiger partial charge on any atom is -0.311 e. The molecule has 0 radical (unpaired) electrons. The Hall–Kier alpha value is -1.69. The maximum absolute atomic E-state index is 12.1. The predicted octanol–water partition coefficient (Wildman–Crippen LogP) is 2.66. The first-order chi connectivity index (χ1) is 10.0. The monoisotopic (exact) mass is 305 g/mol. The molecule has 112 valence electrons. The van der Waals surface area contributed by atoms with Crippen molar-refractivity contribution >= 4 is 10.1 Å². The van der Waals surface area contributed by atoms with E-state index in [1.165, 1.54) is 0 Å². The molecule has 0 fully saturated rings. The van der Waals surface area contributed by atoms with E-state index in [0.29, 0.717) is 0 Å². The molecule has 4 nitrogen and oxygen atoms in total. The zero-order valence-corrected chi connectivity index (χ0v) is 12.9. The topological polar surface area (TPSA) is 55.4 Å². The molecule has 1 atom stereocenters. The summed E-state index contributed by atoms with van der Waals surface area (Å²) in [5.74, 6) is 0. The maximum Gasteiger partial charge on any atom is 0.297 e. The van der Waals surface area contributed by atoms with Crippen LogP contribution in [0.5, 0.6) is 0 Å². The van der Waals surface area contributed by atoms with Crippen LogP contribution in [0.15, 0.2) is 59.5 Å². The van der Waals surface area contributed by atoms with E-state index in [4.69, 9.17) is 4.18 Å². The summed E-state index contributed by atoms with van der Waals surface area (Å²) in [7, 11) is -1.95. The third-order valence-electron chi connectivity index (χ3n) is 3.25. The molecule has 2 aromatic rings. The van der Waals surface area contributed by atoms with Crippen LogP contribution in [0.3, 0.4) is 0 Å². The molecule has 0 spiro atoms. The highest BCUT2D eigenvalue weighted by Gasteiger charge is 2.18. The van der Waals surface area contributed by atoms with Gasteiger partial charge in [0.25, 0.3) is 10.1 Å². The molecule has 0 aromatic heterocycles. The summed E-state index contributed by atoms with van der Waals surface area (Å²) >= 11 is 0. The Morgan fingerprint density at radius 1 is 1.05 bits per heavy atom.